The van der Waals surface area contributed by atoms with Crippen LogP contribution >= 0.6 is 0 Å². The van der Waals surface area contributed by atoms with E-state index in [1.165, 1.54) is 0 Å². The van der Waals surface area contributed by atoms with Gasteiger partial charge in [0.15, 0.2) is 5.60 Å². The van der Waals surface area contributed by atoms with Crippen LogP contribution in [0.25, 0.3) is 0 Å². The zero-order chi connectivity index (χ0) is 11.2. The van der Waals surface area contributed by atoms with Crippen molar-refractivity contribution < 1.29 is 9.53 Å². The Labute approximate surface area is 94.8 Å². The van der Waals surface area contributed by atoms with Gasteiger partial charge in [-0.2, -0.15) is 0 Å². The summed E-state index contributed by atoms with van der Waals surface area (Å²) in [6.07, 6.45) is 1.99. The number of carbonyl (C=O) groups is 1. The van der Waals surface area contributed by atoms with Gasteiger partial charge in [0.05, 0.1) is 5.56 Å². The van der Waals surface area contributed by atoms with Crippen LogP contribution in [-0.4, -0.2) is 19.1 Å². The number of hydrogen-bond donors (Lipinski definition) is 1. The van der Waals surface area contributed by atoms with Crippen molar-refractivity contribution in [2.45, 2.75) is 25.4 Å². The van der Waals surface area contributed by atoms with Gasteiger partial charge in [0.25, 0.3) is 0 Å². The zero-order valence-corrected chi connectivity index (χ0v) is 9.38. The fourth-order valence-corrected chi connectivity index (χ4v) is 2.71. The highest BCUT2D eigenvalue weighted by Crippen LogP contribution is 2.41. The third-order valence-electron chi connectivity index (χ3n) is 3.52. The fraction of sp³-hybridized carbons (Fsp3) is 0.462. The van der Waals surface area contributed by atoms with Crippen LogP contribution < -0.4 is 5.32 Å². The van der Waals surface area contributed by atoms with Gasteiger partial charge >= 0.3 is 5.97 Å². The number of hydrogen-bond acceptors (Lipinski definition) is 3. The molecule has 1 unspecified atom stereocenters. The summed E-state index contributed by atoms with van der Waals surface area (Å²) in [6, 6.07) is 6.03. The summed E-state index contributed by atoms with van der Waals surface area (Å²) >= 11 is 0. The Kier molecular flexibility index (Phi) is 2.04. The second-order valence-electron chi connectivity index (χ2n) is 4.71. The van der Waals surface area contributed by atoms with Crippen LogP contribution in [0, 0.1) is 6.92 Å². The lowest BCUT2D eigenvalue weighted by Gasteiger charge is -2.33. The number of piperidine rings is 1. The second-order valence-corrected chi connectivity index (χ2v) is 4.71. The van der Waals surface area contributed by atoms with Crippen molar-refractivity contribution in [3.8, 4) is 0 Å². The molecule has 0 bridgehead atoms. The number of nitrogens with one attached hydrogen (secondary N) is 1. The Morgan fingerprint density at radius 3 is 3.06 bits per heavy atom. The van der Waals surface area contributed by atoms with Crippen molar-refractivity contribution in [3.63, 3.8) is 0 Å². The van der Waals surface area contributed by atoms with Crippen LogP contribution in [-0.2, 0) is 10.3 Å². The molecule has 3 rings (SSSR count). The van der Waals surface area contributed by atoms with Crippen LogP contribution in [0.1, 0.15) is 34.3 Å². The summed E-state index contributed by atoms with van der Waals surface area (Å²) in [7, 11) is 0. The van der Waals surface area contributed by atoms with Gasteiger partial charge in [-0.05, 0) is 32.4 Å². The predicted molar refractivity (Wildman–Crippen MR) is 60.4 cm³/mol. The molecule has 0 aliphatic carbocycles. The molecule has 2 heterocycles. The average Bonchev–Trinajstić information content (AvgIpc) is 2.53. The smallest absolute Gasteiger partial charge is 0.339 e. The molecule has 0 amide bonds. The number of fused-ring (bicyclic) bond motifs is 2. The van der Waals surface area contributed by atoms with Crippen molar-refractivity contribution in [2.24, 2.45) is 0 Å². The quantitative estimate of drug-likeness (QED) is 0.673. The number of benzene rings is 1. The molecule has 84 valence electrons. The first-order valence-corrected chi connectivity index (χ1v) is 5.76. The van der Waals surface area contributed by atoms with Gasteiger partial charge in [0.2, 0.25) is 0 Å². The molecule has 1 spiro atoms. The summed E-state index contributed by atoms with van der Waals surface area (Å²) in [5.74, 6) is -0.164. The maximum absolute atomic E-state index is 11.8. The molecule has 1 fully saturated rings. The van der Waals surface area contributed by atoms with E-state index >= 15 is 0 Å². The van der Waals surface area contributed by atoms with E-state index in [-0.39, 0.29) is 5.97 Å². The van der Waals surface area contributed by atoms with Gasteiger partial charge in [0, 0.05) is 12.1 Å². The highest BCUT2D eigenvalue weighted by Gasteiger charge is 2.45. The standard InChI is InChI=1S/C13H15NO2/c1-9-3-4-11-10(7-9)12(15)16-13(11)5-2-6-14-8-13/h3-4,7,14H,2,5-6,8H2,1H3. The minimum absolute atomic E-state index is 0.164. The molecule has 0 radical (unpaired) electrons. The summed E-state index contributed by atoms with van der Waals surface area (Å²) in [5, 5.41) is 3.32. The van der Waals surface area contributed by atoms with E-state index in [0.717, 1.165) is 42.6 Å². The summed E-state index contributed by atoms with van der Waals surface area (Å²) in [6.45, 7) is 3.76. The Balaban J connectivity index is 2.11. The Bertz CT molecular complexity index is 447. The van der Waals surface area contributed by atoms with Crippen LogP contribution in [0.2, 0.25) is 0 Å². The van der Waals surface area contributed by atoms with E-state index in [2.05, 4.69) is 11.4 Å². The van der Waals surface area contributed by atoms with Gasteiger partial charge in [-0.15, -0.1) is 0 Å². The molecule has 0 saturated carbocycles. The zero-order valence-electron chi connectivity index (χ0n) is 9.38. The van der Waals surface area contributed by atoms with Crippen molar-refractivity contribution >= 4 is 5.97 Å². The van der Waals surface area contributed by atoms with Gasteiger partial charge < -0.3 is 10.1 Å². The van der Waals surface area contributed by atoms with Crippen molar-refractivity contribution in [2.75, 3.05) is 13.1 Å². The van der Waals surface area contributed by atoms with Crippen molar-refractivity contribution in [1.82, 2.24) is 5.32 Å². The van der Waals surface area contributed by atoms with Gasteiger partial charge in [0.1, 0.15) is 0 Å². The first-order valence-electron chi connectivity index (χ1n) is 5.76. The van der Waals surface area contributed by atoms with E-state index in [0.29, 0.717) is 0 Å². The summed E-state index contributed by atoms with van der Waals surface area (Å²) in [4.78, 5) is 11.8. The highest BCUT2D eigenvalue weighted by molar-refractivity contribution is 5.95. The maximum Gasteiger partial charge on any atom is 0.339 e. The van der Waals surface area contributed by atoms with E-state index in [9.17, 15) is 4.79 Å². The third-order valence-corrected chi connectivity index (χ3v) is 3.52. The van der Waals surface area contributed by atoms with Crippen LogP contribution in [0.15, 0.2) is 18.2 Å². The molecule has 16 heavy (non-hydrogen) atoms. The number of carbonyl (C=O) groups excluding carboxylic acids is 1. The number of rotatable bonds is 0. The van der Waals surface area contributed by atoms with Gasteiger partial charge in [-0.1, -0.05) is 17.7 Å². The molecular formula is C13H15NO2. The minimum Gasteiger partial charge on any atom is -0.449 e. The lowest BCUT2D eigenvalue weighted by atomic mass is 9.85. The van der Waals surface area contributed by atoms with E-state index < -0.39 is 5.60 Å². The SMILES string of the molecule is Cc1ccc2c(c1)C(=O)OC21CCCNC1. The molecule has 2 aliphatic rings. The fourth-order valence-electron chi connectivity index (χ4n) is 2.71. The molecule has 1 N–H and O–H groups in total. The van der Waals surface area contributed by atoms with Crippen LogP contribution in [0.4, 0.5) is 0 Å². The topological polar surface area (TPSA) is 38.3 Å². The lowest BCUT2D eigenvalue weighted by Crippen LogP contribution is -2.43. The summed E-state index contributed by atoms with van der Waals surface area (Å²) in [5.41, 5.74) is 2.54. The number of aryl methyl sites for hydroxylation is 1. The van der Waals surface area contributed by atoms with Crippen molar-refractivity contribution in [1.29, 1.82) is 0 Å². The molecule has 1 aromatic rings. The lowest BCUT2D eigenvalue weighted by molar-refractivity contribution is -0.0203. The van der Waals surface area contributed by atoms with Gasteiger partial charge in [-0.3, -0.25) is 0 Å². The van der Waals surface area contributed by atoms with E-state index in [4.69, 9.17) is 4.74 Å². The summed E-state index contributed by atoms with van der Waals surface area (Å²) < 4.78 is 5.61. The molecular weight excluding hydrogens is 202 g/mol. The normalized spacial score (nSPS) is 27.9. The Hall–Kier alpha value is -1.35. The number of ether oxygens (including phenoxy) is 1. The first kappa shape index (κ1) is 9.85. The van der Waals surface area contributed by atoms with E-state index in [1.807, 2.05) is 19.1 Å². The van der Waals surface area contributed by atoms with E-state index in [1.54, 1.807) is 0 Å². The highest BCUT2D eigenvalue weighted by atomic mass is 16.6. The molecule has 1 saturated heterocycles. The average molecular weight is 217 g/mol. The van der Waals surface area contributed by atoms with Crippen molar-refractivity contribution in [3.05, 3.63) is 34.9 Å². The molecule has 0 aromatic heterocycles. The molecule has 1 aromatic carbocycles. The van der Waals surface area contributed by atoms with Gasteiger partial charge in [-0.25, -0.2) is 4.79 Å². The largest absolute Gasteiger partial charge is 0.449 e. The minimum atomic E-state index is -0.391. The maximum atomic E-state index is 11.8. The monoisotopic (exact) mass is 217 g/mol. The Morgan fingerprint density at radius 2 is 2.31 bits per heavy atom. The second kappa shape index (κ2) is 3.32. The molecule has 3 nitrogen and oxygen atoms in total. The number of esters is 1. The molecule has 3 heteroatoms. The molecule has 1 atom stereocenters. The predicted octanol–water partition coefficient (Wildman–Crippen LogP) is 1.74. The van der Waals surface area contributed by atoms with Crippen LogP contribution in [0.3, 0.4) is 0 Å². The van der Waals surface area contributed by atoms with Crippen LogP contribution in [0.5, 0.6) is 0 Å². The third kappa shape index (κ3) is 1.28. The first-order chi connectivity index (χ1) is 7.71. The Morgan fingerprint density at radius 1 is 1.44 bits per heavy atom. The molecule has 2 aliphatic heterocycles.